The summed E-state index contributed by atoms with van der Waals surface area (Å²) in [5.74, 6) is -0.225. The van der Waals surface area contributed by atoms with E-state index in [1.165, 1.54) is 0 Å². The zero-order chi connectivity index (χ0) is 24.4. The second-order valence-corrected chi connectivity index (χ2v) is 9.27. The Hall–Kier alpha value is -3.54. The highest BCUT2D eigenvalue weighted by molar-refractivity contribution is 7.96. The summed E-state index contributed by atoms with van der Waals surface area (Å²) in [6.07, 6.45) is 0.460. The Balaban J connectivity index is 1.26. The molecular formula is C24H21N5O3S3. The fourth-order valence-electron chi connectivity index (χ4n) is 4.07. The lowest BCUT2D eigenvalue weighted by Crippen LogP contribution is -2.45. The summed E-state index contributed by atoms with van der Waals surface area (Å²) in [6, 6.07) is 22.4. The molecule has 1 atom stereocenters. The van der Waals surface area contributed by atoms with Gasteiger partial charge in [-0.15, -0.1) is 0 Å². The summed E-state index contributed by atoms with van der Waals surface area (Å²) < 4.78 is 11.7. The number of hydrogen-bond donors (Lipinski definition) is 4. The van der Waals surface area contributed by atoms with Crippen molar-refractivity contribution >= 4 is 54.0 Å². The quantitative estimate of drug-likeness (QED) is 0.140. The van der Waals surface area contributed by atoms with Crippen molar-refractivity contribution in [3.8, 4) is 11.4 Å². The molecule has 0 spiro atoms. The van der Waals surface area contributed by atoms with Crippen LogP contribution in [-0.4, -0.2) is 31.9 Å². The number of aromatic amines is 2. The van der Waals surface area contributed by atoms with E-state index in [9.17, 15) is 9.90 Å². The van der Waals surface area contributed by atoms with Crippen LogP contribution in [0.4, 0.5) is 11.4 Å². The van der Waals surface area contributed by atoms with Crippen molar-refractivity contribution in [1.82, 2.24) is 14.8 Å². The first kappa shape index (κ1) is 23.2. The Bertz CT molecular complexity index is 1450. The number of anilines is 2. The van der Waals surface area contributed by atoms with E-state index in [1.54, 1.807) is 4.57 Å². The van der Waals surface area contributed by atoms with Crippen LogP contribution in [0.1, 0.15) is 11.1 Å². The van der Waals surface area contributed by atoms with Crippen LogP contribution in [0.25, 0.3) is 5.69 Å². The Morgan fingerprint density at radius 1 is 0.971 bits per heavy atom. The predicted molar refractivity (Wildman–Crippen MR) is 142 cm³/mol. The van der Waals surface area contributed by atoms with Gasteiger partial charge in [0, 0.05) is 30.4 Å². The minimum absolute atomic E-state index is 0.460. The molecule has 5 rings (SSSR count). The molecule has 1 aliphatic rings. The molecule has 0 saturated carbocycles. The normalized spacial score (nSPS) is 14.9. The average molecular weight is 524 g/mol. The molecule has 11 heteroatoms. The highest BCUT2D eigenvalue weighted by Crippen LogP contribution is 2.31. The second kappa shape index (κ2) is 9.98. The molecule has 1 aliphatic heterocycles. The van der Waals surface area contributed by atoms with Gasteiger partial charge in [-0.2, -0.15) is 0 Å². The van der Waals surface area contributed by atoms with Gasteiger partial charge in [-0.1, -0.05) is 30.3 Å². The number of benzene rings is 3. The number of aliphatic carboxylic acids is 1. The number of H-pyrrole nitrogens is 2. The Morgan fingerprint density at radius 3 is 2.40 bits per heavy atom. The second-order valence-electron chi connectivity index (χ2n) is 7.96. The van der Waals surface area contributed by atoms with Gasteiger partial charge in [0.2, 0.25) is 0 Å². The van der Waals surface area contributed by atoms with Gasteiger partial charge in [0.05, 0.1) is 5.69 Å². The maximum absolute atomic E-state index is 12.0. The summed E-state index contributed by atoms with van der Waals surface area (Å²) in [7, 11) is 0. The zero-order valence-corrected chi connectivity index (χ0v) is 20.8. The van der Waals surface area contributed by atoms with E-state index in [4.69, 9.17) is 28.6 Å². The van der Waals surface area contributed by atoms with E-state index in [0.717, 1.165) is 40.4 Å². The zero-order valence-electron chi connectivity index (χ0n) is 18.3. The molecule has 1 unspecified atom stereocenters. The van der Waals surface area contributed by atoms with Gasteiger partial charge < -0.3 is 14.2 Å². The molecular weight excluding hydrogens is 502 g/mol. The number of hydrogen-bond acceptors (Lipinski definition) is 7. The van der Waals surface area contributed by atoms with Crippen LogP contribution < -0.4 is 13.8 Å². The molecule has 0 fully saturated rings. The van der Waals surface area contributed by atoms with Crippen LogP contribution in [-0.2, 0) is 17.8 Å². The van der Waals surface area contributed by atoms with E-state index in [-0.39, 0.29) is 0 Å². The molecule has 2 heterocycles. The number of nitrogens with one attached hydrogen (secondary N) is 3. The monoisotopic (exact) mass is 523 g/mol. The number of carboxylic acid groups (broad SMARTS) is 1. The van der Waals surface area contributed by atoms with Crippen molar-refractivity contribution in [2.45, 2.75) is 19.0 Å². The maximum atomic E-state index is 12.0. The van der Waals surface area contributed by atoms with E-state index in [2.05, 4.69) is 14.9 Å². The molecule has 0 aliphatic carbocycles. The van der Waals surface area contributed by atoms with Crippen molar-refractivity contribution in [2.24, 2.45) is 0 Å². The molecule has 4 N–H and O–H groups in total. The van der Waals surface area contributed by atoms with Crippen LogP contribution in [0.15, 0.2) is 72.8 Å². The van der Waals surface area contributed by atoms with Crippen molar-refractivity contribution in [3.05, 3.63) is 93.5 Å². The molecule has 3 aromatic carbocycles. The van der Waals surface area contributed by atoms with Gasteiger partial charge in [0.1, 0.15) is 11.8 Å². The van der Waals surface area contributed by atoms with Crippen molar-refractivity contribution in [1.29, 1.82) is 0 Å². The molecule has 4 aromatic rings. The fraction of sp³-hybridized carbons (Fsp3) is 0.125. The number of aromatic nitrogens is 3. The van der Waals surface area contributed by atoms with Gasteiger partial charge in [-0.25, -0.2) is 4.79 Å². The Morgan fingerprint density at radius 2 is 1.69 bits per heavy atom. The Labute approximate surface area is 215 Å². The van der Waals surface area contributed by atoms with Gasteiger partial charge in [-0.05, 0) is 72.0 Å². The van der Waals surface area contributed by atoms with Crippen LogP contribution in [0.2, 0.25) is 0 Å². The van der Waals surface area contributed by atoms with Crippen LogP contribution in [0.5, 0.6) is 5.75 Å². The highest BCUT2D eigenvalue weighted by Gasteiger charge is 2.31. The highest BCUT2D eigenvalue weighted by atomic mass is 32.2. The van der Waals surface area contributed by atoms with Crippen LogP contribution >= 0.6 is 36.7 Å². The lowest BCUT2D eigenvalue weighted by Gasteiger charge is -2.36. The molecule has 8 nitrogen and oxygen atoms in total. The van der Waals surface area contributed by atoms with E-state index in [0.29, 0.717) is 28.3 Å². The summed E-state index contributed by atoms with van der Waals surface area (Å²) in [5, 5.41) is 15.5. The standard InChI is InChI=1S/C24H21N5O3S3/c30-22(31)21-12-15-4-1-2-5-16(15)14-28(21)19-6-3-7-20(13-19)32-35-27-17-8-10-18(11-9-17)29-23(33)25-26-24(29)34/h1-11,13,21,27H,12,14H2,(H,25,33)(H,26,34)(H,30,31). The molecule has 0 saturated heterocycles. The lowest BCUT2D eigenvalue weighted by atomic mass is 9.93. The summed E-state index contributed by atoms with van der Waals surface area (Å²) in [5.41, 5.74) is 4.70. The first-order valence-corrected chi connectivity index (χ1v) is 12.3. The van der Waals surface area contributed by atoms with E-state index in [1.807, 2.05) is 77.7 Å². The Kier molecular flexibility index (Phi) is 6.62. The van der Waals surface area contributed by atoms with Gasteiger partial charge in [0.15, 0.2) is 21.8 Å². The molecule has 0 amide bonds. The molecule has 35 heavy (non-hydrogen) atoms. The van der Waals surface area contributed by atoms with E-state index >= 15 is 0 Å². The summed E-state index contributed by atoms with van der Waals surface area (Å²) >= 11 is 11.6. The summed E-state index contributed by atoms with van der Waals surface area (Å²) in [6.45, 7) is 0.531. The third-order valence-electron chi connectivity index (χ3n) is 5.79. The van der Waals surface area contributed by atoms with Crippen LogP contribution in [0.3, 0.4) is 0 Å². The third kappa shape index (κ3) is 4.97. The summed E-state index contributed by atoms with van der Waals surface area (Å²) in [4.78, 5) is 13.9. The smallest absolute Gasteiger partial charge is 0.326 e. The maximum Gasteiger partial charge on any atom is 0.326 e. The largest absolute Gasteiger partial charge is 0.480 e. The molecule has 0 radical (unpaired) electrons. The predicted octanol–water partition coefficient (Wildman–Crippen LogP) is 5.66. The van der Waals surface area contributed by atoms with Gasteiger partial charge in [-0.3, -0.25) is 19.5 Å². The van der Waals surface area contributed by atoms with Gasteiger partial charge in [0.25, 0.3) is 0 Å². The topological polar surface area (TPSA) is 98.3 Å². The number of carbonyl (C=O) groups is 1. The fourth-order valence-corrected chi connectivity index (χ4v) is 5.10. The number of fused-ring (bicyclic) bond motifs is 1. The number of nitrogens with zero attached hydrogens (tertiary/aromatic N) is 2. The molecule has 1 aromatic heterocycles. The van der Waals surface area contributed by atoms with E-state index < -0.39 is 12.0 Å². The molecule has 0 bridgehead atoms. The average Bonchev–Trinajstić information content (AvgIpc) is 3.21. The first-order valence-electron chi connectivity index (χ1n) is 10.8. The van der Waals surface area contributed by atoms with Crippen molar-refractivity contribution in [2.75, 3.05) is 9.62 Å². The minimum atomic E-state index is -0.840. The molecule has 178 valence electrons. The first-order chi connectivity index (χ1) is 17.0. The lowest BCUT2D eigenvalue weighted by molar-refractivity contribution is -0.138. The van der Waals surface area contributed by atoms with Crippen LogP contribution in [0, 0.1) is 9.54 Å². The van der Waals surface area contributed by atoms with Gasteiger partial charge >= 0.3 is 5.97 Å². The number of carboxylic acids is 1. The van der Waals surface area contributed by atoms with Crippen molar-refractivity contribution < 1.29 is 14.1 Å². The third-order valence-corrected chi connectivity index (χ3v) is 6.95. The van der Waals surface area contributed by atoms with Crippen molar-refractivity contribution in [3.63, 3.8) is 0 Å². The number of rotatable bonds is 7. The SMILES string of the molecule is O=C(O)C1Cc2ccccc2CN1c1cccc(OSNc2ccc(-n3c(=S)[nH][nH]c3=S)cc2)c1. The minimum Gasteiger partial charge on any atom is -0.480 e.